The summed E-state index contributed by atoms with van der Waals surface area (Å²) in [7, 11) is 3.22. The first-order chi connectivity index (χ1) is 19.2. The lowest BCUT2D eigenvalue weighted by atomic mass is 10.0. The van der Waals surface area contributed by atoms with Crippen molar-refractivity contribution in [3.8, 4) is 22.8 Å². The van der Waals surface area contributed by atoms with E-state index < -0.39 is 6.04 Å². The van der Waals surface area contributed by atoms with E-state index in [1.807, 2.05) is 69.3 Å². The number of carbonyl (C=O) groups is 2. The molecule has 1 amide bonds. The summed E-state index contributed by atoms with van der Waals surface area (Å²) in [6.45, 7) is 7.97. The third kappa shape index (κ3) is 6.42. The molecule has 0 radical (unpaired) electrons. The molecule has 0 aliphatic heterocycles. The van der Waals surface area contributed by atoms with E-state index >= 15 is 0 Å². The Morgan fingerprint density at radius 1 is 1.00 bits per heavy atom. The highest BCUT2D eigenvalue weighted by molar-refractivity contribution is 5.78. The van der Waals surface area contributed by atoms with Crippen LogP contribution < -0.4 is 14.8 Å². The van der Waals surface area contributed by atoms with Crippen LogP contribution in [0.3, 0.4) is 0 Å². The van der Waals surface area contributed by atoms with Crippen LogP contribution in [0.5, 0.6) is 11.5 Å². The van der Waals surface area contributed by atoms with Crippen LogP contribution in [0, 0.1) is 20.8 Å². The lowest BCUT2D eigenvalue weighted by Crippen LogP contribution is -2.31. The highest BCUT2D eigenvalue weighted by atomic mass is 16.5. The van der Waals surface area contributed by atoms with Crippen molar-refractivity contribution >= 4 is 17.5 Å². The number of aromatic nitrogens is 3. The molecule has 0 saturated heterocycles. The monoisotopic (exact) mass is 544 g/mol. The molecule has 0 bridgehead atoms. The number of rotatable bonds is 11. The molecule has 1 atom stereocenters. The van der Waals surface area contributed by atoms with Gasteiger partial charge in [0, 0.05) is 35.5 Å². The summed E-state index contributed by atoms with van der Waals surface area (Å²) in [4.78, 5) is 30.1. The Morgan fingerprint density at radius 2 is 1.75 bits per heavy atom. The van der Waals surface area contributed by atoms with Gasteiger partial charge in [0.15, 0.2) is 5.65 Å². The Balaban J connectivity index is 1.53. The maximum absolute atomic E-state index is 13.1. The van der Waals surface area contributed by atoms with E-state index in [2.05, 4.69) is 5.32 Å². The predicted octanol–water partition coefficient (Wildman–Crippen LogP) is 5.08. The molecule has 0 saturated carbocycles. The van der Waals surface area contributed by atoms with Crippen molar-refractivity contribution in [1.29, 1.82) is 0 Å². The van der Waals surface area contributed by atoms with Crippen molar-refractivity contribution in [2.24, 2.45) is 0 Å². The maximum Gasteiger partial charge on any atom is 0.308 e. The van der Waals surface area contributed by atoms with Gasteiger partial charge in [-0.1, -0.05) is 29.8 Å². The average Bonchev–Trinajstić information content (AvgIpc) is 3.36. The fourth-order valence-electron chi connectivity index (χ4n) is 4.77. The molecule has 0 aliphatic carbocycles. The van der Waals surface area contributed by atoms with Crippen molar-refractivity contribution in [3.63, 3.8) is 0 Å². The van der Waals surface area contributed by atoms with Crippen molar-refractivity contribution in [2.45, 2.75) is 53.0 Å². The summed E-state index contributed by atoms with van der Waals surface area (Å²) in [5.74, 6) is 0.845. The van der Waals surface area contributed by atoms with Gasteiger partial charge in [0.1, 0.15) is 11.5 Å². The highest BCUT2D eigenvalue weighted by Crippen LogP contribution is 2.33. The second kappa shape index (κ2) is 12.6. The van der Waals surface area contributed by atoms with Crippen LogP contribution in [-0.2, 0) is 20.7 Å². The molecule has 2 aromatic carbocycles. The van der Waals surface area contributed by atoms with Crippen molar-refractivity contribution in [3.05, 3.63) is 76.6 Å². The molecule has 4 aromatic rings. The van der Waals surface area contributed by atoms with Crippen LogP contribution in [-0.4, -0.2) is 47.3 Å². The Hall–Kier alpha value is -4.40. The lowest BCUT2D eigenvalue weighted by Gasteiger charge is -2.19. The first kappa shape index (κ1) is 28.6. The normalized spacial score (nSPS) is 11.8. The summed E-state index contributed by atoms with van der Waals surface area (Å²) in [5.41, 5.74) is 6.94. The van der Waals surface area contributed by atoms with Crippen molar-refractivity contribution in [1.82, 2.24) is 19.9 Å². The summed E-state index contributed by atoms with van der Waals surface area (Å²) in [5, 5.41) is 7.83. The molecule has 2 heterocycles. The Labute approximate surface area is 234 Å². The summed E-state index contributed by atoms with van der Waals surface area (Å²) in [6.07, 6.45) is 0.785. The fourth-order valence-corrected chi connectivity index (χ4v) is 4.77. The van der Waals surface area contributed by atoms with Gasteiger partial charge in [0.2, 0.25) is 5.91 Å². The number of hydrogen-bond acceptors (Lipinski definition) is 7. The second-order valence-electron chi connectivity index (χ2n) is 9.67. The number of carbonyl (C=O) groups excluding carboxylic acids is 2. The lowest BCUT2D eigenvalue weighted by molar-refractivity contribution is -0.143. The number of methoxy groups -OCH3 is 2. The van der Waals surface area contributed by atoms with Crippen LogP contribution in [0.25, 0.3) is 16.9 Å². The Morgan fingerprint density at radius 3 is 2.42 bits per heavy atom. The molecule has 40 heavy (non-hydrogen) atoms. The van der Waals surface area contributed by atoms with E-state index in [4.69, 9.17) is 24.3 Å². The number of ether oxygens (including phenoxy) is 3. The van der Waals surface area contributed by atoms with Gasteiger partial charge in [0.25, 0.3) is 0 Å². The topological polar surface area (TPSA) is 104 Å². The molecule has 2 aromatic heterocycles. The van der Waals surface area contributed by atoms with Gasteiger partial charge in [-0.2, -0.15) is 5.10 Å². The zero-order chi connectivity index (χ0) is 28.8. The summed E-state index contributed by atoms with van der Waals surface area (Å²) >= 11 is 0. The van der Waals surface area contributed by atoms with Gasteiger partial charge in [-0.15, -0.1) is 0 Å². The molecule has 0 spiro atoms. The number of aryl methyl sites for hydroxylation is 3. The number of esters is 1. The third-order valence-corrected chi connectivity index (χ3v) is 6.94. The number of amides is 1. The quantitative estimate of drug-likeness (QED) is 0.263. The molecule has 9 nitrogen and oxygen atoms in total. The van der Waals surface area contributed by atoms with Gasteiger partial charge in [0.05, 0.1) is 39.0 Å². The van der Waals surface area contributed by atoms with Crippen LogP contribution in [0.15, 0.2) is 48.5 Å². The van der Waals surface area contributed by atoms with Crippen molar-refractivity contribution < 1.29 is 23.8 Å². The first-order valence-corrected chi connectivity index (χ1v) is 13.3. The standard InChI is InChI=1S/C31H36N4O5/c1-7-40-31(37)18-26(22-10-8-19(2)9-11-22)33-30(36)15-14-24-20(3)32-29-17-27(34-35(29)21(24)4)25-13-12-23(38-5)16-28(25)39-6/h8-13,16-17,26H,7,14-15,18H2,1-6H3,(H,33,36). The molecule has 0 aliphatic rings. The maximum atomic E-state index is 13.1. The number of hydrogen-bond donors (Lipinski definition) is 1. The number of fused-ring (bicyclic) bond motifs is 1. The minimum absolute atomic E-state index is 0.0685. The summed E-state index contributed by atoms with van der Waals surface area (Å²) < 4.78 is 17.8. The predicted molar refractivity (Wildman–Crippen MR) is 153 cm³/mol. The molecule has 0 fully saturated rings. The van der Waals surface area contributed by atoms with Crippen LogP contribution in [0.1, 0.15) is 53.9 Å². The Bertz CT molecular complexity index is 1510. The van der Waals surface area contributed by atoms with E-state index in [9.17, 15) is 9.59 Å². The molecular weight excluding hydrogens is 508 g/mol. The zero-order valence-corrected chi connectivity index (χ0v) is 23.9. The van der Waals surface area contributed by atoms with Gasteiger partial charge in [-0.25, -0.2) is 9.50 Å². The highest BCUT2D eigenvalue weighted by Gasteiger charge is 2.21. The van der Waals surface area contributed by atoms with Crippen LogP contribution >= 0.6 is 0 Å². The molecule has 1 N–H and O–H groups in total. The molecular formula is C31H36N4O5. The first-order valence-electron chi connectivity index (χ1n) is 13.3. The molecule has 4 rings (SSSR count). The fraction of sp³-hybridized carbons (Fsp3) is 0.355. The minimum atomic E-state index is -0.469. The van der Waals surface area contributed by atoms with Gasteiger partial charge >= 0.3 is 5.97 Å². The molecule has 9 heteroatoms. The zero-order valence-electron chi connectivity index (χ0n) is 23.9. The second-order valence-corrected chi connectivity index (χ2v) is 9.67. The molecule has 1 unspecified atom stereocenters. The van der Waals surface area contributed by atoms with Gasteiger partial charge in [-0.05, 0) is 57.4 Å². The van der Waals surface area contributed by atoms with E-state index in [1.54, 1.807) is 25.7 Å². The smallest absolute Gasteiger partial charge is 0.308 e. The van der Waals surface area contributed by atoms with Crippen LogP contribution in [0.2, 0.25) is 0 Å². The van der Waals surface area contributed by atoms with E-state index in [0.717, 1.165) is 39.3 Å². The largest absolute Gasteiger partial charge is 0.497 e. The Kier molecular flexibility index (Phi) is 9.04. The average molecular weight is 545 g/mol. The van der Waals surface area contributed by atoms with E-state index in [0.29, 0.717) is 30.2 Å². The minimum Gasteiger partial charge on any atom is -0.497 e. The summed E-state index contributed by atoms with van der Waals surface area (Å²) in [6, 6.07) is 14.8. The molecule has 210 valence electrons. The van der Waals surface area contributed by atoms with E-state index in [1.165, 1.54) is 0 Å². The SMILES string of the molecule is CCOC(=O)CC(NC(=O)CCc1c(C)nc2cc(-c3ccc(OC)cc3OC)nn2c1C)c1ccc(C)cc1. The van der Waals surface area contributed by atoms with Gasteiger partial charge in [-0.3, -0.25) is 9.59 Å². The number of nitrogens with one attached hydrogen (secondary N) is 1. The number of nitrogens with zero attached hydrogens (tertiary/aromatic N) is 3. The van der Waals surface area contributed by atoms with E-state index in [-0.39, 0.29) is 24.7 Å². The van der Waals surface area contributed by atoms with Crippen LogP contribution in [0.4, 0.5) is 0 Å². The van der Waals surface area contributed by atoms with Gasteiger partial charge < -0.3 is 19.5 Å². The van der Waals surface area contributed by atoms with Crippen molar-refractivity contribution in [2.75, 3.05) is 20.8 Å². The third-order valence-electron chi connectivity index (χ3n) is 6.94. The number of benzene rings is 2.